The first kappa shape index (κ1) is 34.4. The Hall–Kier alpha value is -2.84. The van der Waals surface area contributed by atoms with E-state index in [0.717, 1.165) is 18.2 Å². The summed E-state index contributed by atoms with van der Waals surface area (Å²) in [6.45, 7) is 0. The van der Waals surface area contributed by atoms with E-state index >= 15 is 0 Å². The third-order valence-corrected chi connectivity index (χ3v) is 6.93. The van der Waals surface area contributed by atoms with Gasteiger partial charge in [0.25, 0.3) is 25.9 Å². The van der Waals surface area contributed by atoms with Crippen molar-refractivity contribution in [2.75, 3.05) is 5.73 Å². The number of aromatic hydroxyl groups is 1. The van der Waals surface area contributed by atoms with Crippen molar-refractivity contribution in [2.45, 2.75) is 9.79 Å². The number of hydrogen-bond donors (Lipinski definition) is 4. The molecule has 204 valence electrons. The fourth-order valence-electron chi connectivity index (χ4n) is 3.48. The van der Waals surface area contributed by atoms with Gasteiger partial charge in [-0.15, -0.1) is 10.2 Å². The van der Waals surface area contributed by atoms with E-state index in [9.17, 15) is 41.2 Å². The second kappa shape index (κ2) is 13.4. The summed E-state index contributed by atoms with van der Waals surface area (Å²) in [6.07, 6.45) is 0. The van der Waals surface area contributed by atoms with Gasteiger partial charge in [0, 0.05) is 12.1 Å². The summed E-state index contributed by atoms with van der Waals surface area (Å²) in [6, 6.07) is 14.3. The van der Waals surface area contributed by atoms with Crippen molar-refractivity contribution >= 4 is 124 Å². The Morgan fingerprint density at radius 2 is 1.24 bits per heavy atom. The predicted molar refractivity (Wildman–Crippen MR) is 152 cm³/mol. The molecule has 19 heteroatoms. The van der Waals surface area contributed by atoms with E-state index in [1.807, 2.05) is 0 Å². The Morgan fingerprint density at radius 1 is 0.732 bits per heavy atom. The zero-order valence-electron chi connectivity index (χ0n) is 19.3. The Balaban J connectivity index is 0.00000294. The fourth-order valence-corrected chi connectivity index (χ4v) is 4.81. The molecule has 0 radical (unpaired) electrons. The molecular formula is C22H18N6Na2O9S2. The second-order valence-corrected chi connectivity index (χ2v) is 10.5. The number of non-ortho nitro benzene ring substituents is 1. The van der Waals surface area contributed by atoms with Crippen LogP contribution in [-0.2, 0) is 20.2 Å². The van der Waals surface area contributed by atoms with Gasteiger partial charge in [0.15, 0.2) is 5.75 Å². The van der Waals surface area contributed by atoms with Gasteiger partial charge in [0.1, 0.15) is 21.2 Å². The van der Waals surface area contributed by atoms with Gasteiger partial charge < -0.3 is 10.8 Å². The number of phenols is 1. The normalized spacial score (nSPS) is 11.9. The average Bonchev–Trinajstić information content (AvgIpc) is 2.86. The molecule has 5 N–H and O–H groups in total. The SMILES string of the molecule is Nc1c(N=Nc2cccc([N+](=O)[O-])c2)c(S(=O)(=O)O)cc2cc(S(=O)(=O)O)c(N=Nc3ccccc3)c(O)c12.[NaH].[NaH]. The Kier molecular flexibility index (Phi) is 11.3. The summed E-state index contributed by atoms with van der Waals surface area (Å²) in [7, 11) is -10.1. The number of nitrogens with zero attached hydrogens (tertiary/aromatic N) is 5. The van der Waals surface area contributed by atoms with Crippen molar-refractivity contribution in [3.05, 3.63) is 76.8 Å². The molecule has 4 aromatic rings. The maximum absolute atomic E-state index is 12.1. The van der Waals surface area contributed by atoms with Crippen molar-refractivity contribution in [3.63, 3.8) is 0 Å². The zero-order valence-corrected chi connectivity index (χ0v) is 20.9. The molecule has 4 aromatic carbocycles. The Bertz CT molecular complexity index is 1920. The number of nitro benzene ring substituents is 1. The van der Waals surface area contributed by atoms with Gasteiger partial charge in [-0.05, 0) is 35.7 Å². The number of nitro groups is 1. The summed E-state index contributed by atoms with van der Waals surface area (Å²) in [5, 5.41) is 36.4. The number of nitrogens with two attached hydrogens (primary N) is 1. The summed E-state index contributed by atoms with van der Waals surface area (Å²) >= 11 is 0. The Morgan fingerprint density at radius 3 is 1.80 bits per heavy atom. The molecule has 0 saturated heterocycles. The zero-order chi connectivity index (χ0) is 28.5. The topological polar surface area (TPSA) is 248 Å². The molecule has 0 aliphatic rings. The minimum absolute atomic E-state index is 0. The average molecular weight is 621 g/mol. The standard InChI is InChI=1S/C22H16N6O9S2.2Na.2H/c23-19-18-12(10-17(39(35,36)37)21(22(18)29)27-24-13-5-2-1-3-6-13)9-16(38(32,33)34)20(19)26-25-14-7-4-8-15(11-14)28(30)31;;;;/h1-11,29H,23H2,(H,32,33,34)(H,35,36,37);;;;. The van der Waals surface area contributed by atoms with Gasteiger partial charge in [-0.3, -0.25) is 19.2 Å². The molecule has 41 heavy (non-hydrogen) atoms. The number of rotatable bonds is 7. The number of benzene rings is 4. The van der Waals surface area contributed by atoms with Gasteiger partial charge in [-0.1, -0.05) is 24.3 Å². The Labute approximate surface area is 276 Å². The van der Waals surface area contributed by atoms with Crippen molar-refractivity contribution in [3.8, 4) is 5.75 Å². The van der Waals surface area contributed by atoms with E-state index < -0.39 is 57.8 Å². The first-order valence-electron chi connectivity index (χ1n) is 10.5. The predicted octanol–water partition coefficient (Wildman–Crippen LogP) is 4.06. The first-order chi connectivity index (χ1) is 18.3. The summed E-state index contributed by atoms with van der Waals surface area (Å²) in [5.74, 6) is -0.911. The van der Waals surface area contributed by atoms with Gasteiger partial charge in [0.2, 0.25) is 0 Å². The number of phenolic OH excluding ortho intramolecular Hbond substituents is 1. The van der Waals surface area contributed by atoms with Gasteiger partial charge >= 0.3 is 59.1 Å². The molecule has 0 amide bonds. The van der Waals surface area contributed by atoms with Crippen LogP contribution in [0.5, 0.6) is 5.75 Å². The van der Waals surface area contributed by atoms with Gasteiger partial charge in [0.05, 0.1) is 27.4 Å². The van der Waals surface area contributed by atoms with E-state index in [1.165, 1.54) is 30.3 Å². The van der Waals surface area contributed by atoms with Crippen LogP contribution in [0.3, 0.4) is 0 Å². The summed E-state index contributed by atoms with van der Waals surface area (Å²) in [5.41, 5.74) is 4.00. The van der Waals surface area contributed by atoms with E-state index in [2.05, 4.69) is 20.5 Å². The molecule has 4 rings (SSSR count). The van der Waals surface area contributed by atoms with Crippen molar-refractivity contribution < 1.29 is 36.0 Å². The molecule has 0 atom stereocenters. The number of nitrogen functional groups attached to an aromatic ring is 1. The third-order valence-electron chi connectivity index (χ3n) is 5.20. The van der Waals surface area contributed by atoms with Gasteiger partial charge in [-0.25, -0.2) is 0 Å². The molecule has 0 heterocycles. The summed E-state index contributed by atoms with van der Waals surface area (Å²) < 4.78 is 68.0. The summed E-state index contributed by atoms with van der Waals surface area (Å²) in [4.78, 5) is 8.47. The van der Waals surface area contributed by atoms with Crippen LogP contribution in [0.4, 0.5) is 34.1 Å². The molecule has 0 fully saturated rings. The fraction of sp³-hybridized carbons (Fsp3) is 0. The minimum atomic E-state index is -5.07. The van der Waals surface area contributed by atoms with Crippen LogP contribution in [0.15, 0.2) is 97.0 Å². The third kappa shape index (κ3) is 7.72. The van der Waals surface area contributed by atoms with E-state index in [0.29, 0.717) is 0 Å². The van der Waals surface area contributed by atoms with Crippen LogP contribution in [-0.4, -0.2) is 95.1 Å². The number of anilines is 1. The quantitative estimate of drug-likeness (QED) is 0.0576. The molecule has 0 aromatic heterocycles. The van der Waals surface area contributed by atoms with E-state index in [1.54, 1.807) is 18.2 Å². The first-order valence-corrected chi connectivity index (χ1v) is 13.4. The van der Waals surface area contributed by atoms with E-state index in [-0.39, 0.29) is 86.9 Å². The molecule has 0 unspecified atom stereocenters. The number of hydrogen-bond acceptors (Lipinski definition) is 12. The van der Waals surface area contributed by atoms with Crippen LogP contribution in [0.25, 0.3) is 10.8 Å². The molecule has 0 aliphatic carbocycles. The molecule has 0 bridgehead atoms. The molecule has 0 spiro atoms. The van der Waals surface area contributed by atoms with Crippen LogP contribution >= 0.6 is 0 Å². The van der Waals surface area contributed by atoms with Crippen molar-refractivity contribution in [1.29, 1.82) is 0 Å². The molecule has 0 aliphatic heterocycles. The van der Waals surface area contributed by atoms with Crippen LogP contribution in [0.1, 0.15) is 0 Å². The van der Waals surface area contributed by atoms with Crippen molar-refractivity contribution in [1.82, 2.24) is 0 Å². The van der Waals surface area contributed by atoms with Gasteiger partial charge in [-0.2, -0.15) is 27.1 Å². The maximum atomic E-state index is 12.1. The van der Waals surface area contributed by atoms with Crippen LogP contribution in [0, 0.1) is 10.1 Å². The molecule has 0 saturated carbocycles. The van der Waals surface area contributed by atoms with Crippen LogP contribution in [0.2, 0.25) is 0 Å². The van der Waals surface area contributed by atoms with Crippen molar-refractivity contribution in [2.24, 2.45) is 20.5 Å². The van der Waals surface area contributed by atoms with Crippen LogP contribution < -0.4 is 5.73 Å². The van der Waals surface area contributed by atoms with E-state index in [4.69, 9.17) is 5.73 Å². The molecule has 15 nitrogen and oxygen atoms in total. The number of fused-ring (bicyclic) bond motifs is 1. The second-order valence-electron chi connectivity index (χ2n) is 7.77. The molecular weight excluding hydrogens is 602 g/mol. The number of azo groups is 2. The monoisotopic (exact) mass is 620 g/mol.